The molecule has 1 aliphatic rings. The van der Waals surface area contributed by atoms with Crippen LogP contribution in [0, 0.1) is 5.92 Å². The van der Waals surface area contributed by atoms with Crippen LogP contribution in [0.5, 0.6) is 0 Å². The van der Waals surface area contributed by atoms with Crippen LogP contribution >= 0.6 is 0 Å². The maximum atomic E-state index is 11.8. The van der Waals surface area contributed by atoms with Gasteiger partial charge < -0.3 is 4.42 Å². The van der Waals surface area contributed by atoms with Gasteiger partial charge in [-0.25, -0.2) is 10.1 Å². The SMILES string of the molecule is O=C(NN=Cc1cn(-c2ccccc2)nc1-c1cc2ccccc2o1)C1CC1. The van der Waals surface area contributed by atoms with Crippen molar-refractivity contribution in [2.24, 2.45) is 11.0 Å². The highest BCUT2D eigenvalue weighted by atomic mass is 16.3. The average molecular weight is 370 g/mol. The molecular formula is C22H18N4O2. The second-order valence-corrected chi connectivity index (χ2v) is 6.87. The van der Waals surface area contributed by atoms with E-state index in [0.29, 0.717) is 11.5 Å². The number of amides is 1. The molecule has 0 aliphatic heterocycles. The molecule has 2 heterocycles. The van der Waals surface area contributed by atoms with E-state index in [9.17, 15) is 4.79 Å². The molecule has 4 aromatic rings. The molecule has 1 N–H and O–H groups in total. The van der Waals surface area contributed by atoms with Crippen LogP contribution in [-0.2, 0) is 4.79 Å². The molecule has 1 amide bonds. The summed E-state index contributed by atoms with van der Waals surface area (Å²) in [6.45, 7) is 0. The number of nitrogens with one attached hydrogen (secondary N) is 1. The molecule has 138 valence electrons. The van der Waals surface area contributed by atoms with Crippen molar-refractivity contribution in [3.8, 4) is 17.1 Å². The first-order chi connectivity index (χ1) is 13.8. The van der Waals surface area contributed by atoms with E-state index >= 15 is 0 Å². The number of fused-ring (bicyclic) bond motifs is 1. The zero-order valence-electron chi connectivity index (χ0n) is 15.1. The first-order valence-corrected chi connectivity index (χ1v) is 9.25. The lowest BCUT2D eigenvalue weighted by Gasteiger charge is -1.98. The first kappa shape index (κ1) is 16.5. The molecule has 2 aromatic heterocycles. The van der Waals surface area contributed by atoms with E-state index in [2.05, 4.69) is 10.5 Å². The molecule has 1 saturated carbocycles. The minimum Gasteiger partial charge on any atom is -0.454 e. The smallest absolute Gasteiger partial charge is 0.243 e. The fourth-order valence-electron chi connectivity index (χ4n) is 3.09. The lowest BCUT2D eigenvalue weighted by atomic mass is 10.2. The van der Waals surface area contributed by atoms with Crippen LogP contribution in [-0.4, -0.2) is 21.9 Å². The number of carbonyl (C=O) groups is 1. The maximum absolute atomic E-state index is 11.8. The van der Waals surface area contributed by atoms with E-state index in [0.717, 1.165) is 35.1 Å². The van der Waals surface area contributed by atoms with Gasteiger partial charge in [0.2, 0.25) is 5.91 Å². The van der Waals surface area contributed by atoms with E-state index in [1.165, 1.54) is 0 Å². The molecule has 1 aliphatic carbocycles. The Balaban J connectivity index is 1.54. The fourth-order valence-corrected chi connectivity index (χ4v) is 3.09. The van der Waals surface area contributed by atoms with Gasteiger partial charge in [0.1, 0.15) is 11.3 Å². The van der Waals surface area contributed by atoms with Crippen LogP contribution in [0.3, 0.4) is 0 Å². The number of hydrogen-bond donors (Lipinski definition) is 1. The zero-order chi connectivity index (χ0) is 18.9. The Bertz CT molecular complexity index is 1140. The molecule has 2 aromatic carbocycles. The number of para-hydroxylation sites is 2. The highest BCUT2D eigenvalue weighted by Crippen LogP contribution is 2.30. The van der Waals surface area contributed by atoms with Crippen LogP contribution in [0.25, 0.3) is 28.1 Å². The Kier molecular flexibility index (Phi) is 4.01. The van der Waals surface area contributed by atoms with Gasteiger partial charge in [-0.15, -0.1) is 0 Å². The van der Waals surface area contributed by atoms with E-state index < -0.39 is 0 Å². The molecule has 0 atom stereocenters. The molecule has 0 radical (unpaired) electrons. The molecule has 6 heteroatoms. The van der Waals surface area contributed by atoms with Gasteiger partial charge in [0.05, 0.1) is 11.9 Å². The number of hydrogen-bond acceptors (Lipinski definition) is 4. The number of hydrazone groups is 1. The number of furan rings is 1. The predicted octanol–water partition coefficient (Wildman–Crippen LogP) is 4.15. The summed E-state index contributed by atoms with van der Waals surface area (Å²) < 4.78 is 7.78. The maximum Gasteiger partial charge on any atom is 0.243 e. The van der Waals surface area contributed by atoms with Crippen molar-refractivity contribution in [1.29, 1.82) is 0 Å². The molecule has 28 heavy (non-hydrogen) atoms. The third-order valence-corrected chi connectivity index (χ3v) is 4.75. The number of rotatable bonds is 5. The summed E-state index contributed by atoms with van der Waals surface area (Å²) in [7, 11) is 0. The molecule has 6 nitrogen and oxygen atoms in total. The Morgan fingerprint density at radius 2 is 1.93 bits per heavy atom. The van der Waals surface area contributed by atoms with Crippen molar-refractivity contribution in [2.45, 2.75) is 12.8 Å². The second-order valence-electron chi connectivity index (χ2n) is 6.87. The molecule has 0 spiro atoms. The summed E-state index contributed by atoms with van der Waals surface area (Å²) in [6, 6.07) is 19.6. The largest absolute Gasteiger partial charge is 0.454 e. The van der Waals surface area contributed by atoms with Crippen molar-refractivity contribution in [1.82, 2.24) is 15.2 Å². The molecule has 5 rings (SSSR count). The van der Waals surface area contributed by atoms with Gasteiger partial charge in [-0.1, -0.05) is 36.4 Å². The summed E-state index contributed by atoms with van der Waals surface area (Å²) in [4.78, 5) is 11.8. The van der Waals surface area contributed by atoms with Crippen molar-refractivity contribution in [2.75, 3.05) is 0 Å². The Morgan fingerprint density at radius 1 is 1.14 bits per heavy atom. The van der Waals surface area contributed by atoms with Gasteiger partial charge in [-0.2, -0.15) is 10.2 Å². The Morgan fingerprint density at radius 3 is 2.71 bits per heavy atom. The number of nitrogens with zero attached hydrogens (tertiary/aromatic N) is 3. The third-order valence-electron chi connectivity index (χ3n) is 4.75. The topological polar surface area (TPSA) is 72.4 Å². The van der Waals surface area contributed by atoms with Crippen LogP contribution in [0.4, 0.5) is 0 Å². The molecule has 1 fully saturated rings. The first-order valence-electron chi connectivity index (χ1n) is 9.25. The lowest BCUT2D eigenvalue weighted by Crippen LogP contribution is -2.18. The fraction of sp³-hybridized carbons (Fsp3) is 0.136. The quantitative estimate of drug-likeness (QED) is 0.424. The summed E-state index contributed by atoms with van der Waals surface area (Å²) in [5.41, 5.74) is 5.78. The van der Waals surface area contributed by atoms with Crippen LogP contribution in [0.1, 0.15) is 18.4 Å². The van der Waals surface area contributed by atoms with Crippen molar-refractivity contribution < 1.29 is 9.21 Å². The van der Waals surface area contributed by atoms with Gasteiger partial charge in [0, 0.05) is 23.1 Å². The average Bonchev–Trinajstić information content (AvgIpc) is 3.36. The summed E-state index contributed by atoms with van der Waals surface area (Å²) in [5, 5.41) is 9.85. The molecular weight excluding hydrogens is 352 g/mol. The number of aromatic nitrogens is 2. The summed E-state index contributed by atoms with van der Waals surface area (Å²) in [6.07, 6.45) is 5.38. The standard InChI is InChI=1S/C22H18N4O2/c27-22(15-10-11-15)24-23-13-17-14-26(18-7-2-1-3-8-18)25-21(17)20-12-16-6-4-5-9-19(16)28-20/h1-9,12-15H,10-11H2,(H,24,27). The van der Waals surface area contributed by atoms with Gasteiger partial charge >= 0.3 is 0 Å². The minimum atomic E-state index is -0.0306. The van der Waals surface area contributed by atoms with Crippen LogP contribution in [0.2, 0.25) is 0 Å². The summed E-state index contributed by atoms with van der Waals surface area (Å²) in [5.74, 6) is 0.738. The minimum absolute atomic E-state index is 0.0306. The van der Waals surface area contributed by atoms with E-state index in [4.69, 9.17) is 9.52 Å². The predicted molar refractivity (Wildman–Crippen MR) is 107 cm³/mol. The molecule has 0 saturated heterocycles. The Labute approximate surface area is 161 Å². The van der Waals surface area contributed by atoms with Gasteiger partial charge in [-0.05, 0) is 37.1 Å². The van der Waals surface area contributed by atoms with Gasteiger partial charge in [0.25, 0.3) is 0 Å². The van der Waals surface area contributed by atoms with Crippen LogP contribution in [0.15, 0.2) is 76.4 Å². The van der Waals surface area contributed by atoms with E-state index in [-0.39, 0.29) is 11.8 Å². The van der Waals surface area contributed by atoms with Gasteiger partial charge in [0.15, 0.2) is 5.76 Å². The highest BCUT2D eigenvalue weighted by molar-refractivity contribution is 5.91. The molecule has 0 unspecified atom stereocenters. The van der Waals surface area contributed by atoms with Crippen molar-refractivity contribution >= 4 is 23.1 Å². The molecule has 0 bridgehead atoms. The van der Waals surface area contributed by atoms with Gasteiger partial charge in [-0.3, -0.25) is 4.79 Å². The van der Waals surface area contributed by atoms with Crippen molar-refractivity contribution in [3.05, 3.63) is 72.4 Å². The normalized spacial score (nSPS) is 14.0. The summed E-state index contributed by atoms with van der Waals surface area (Å²) >= 11 is 0. The van der Waals surface area contributed by atoms with E-state index in [1.54, 1.807) is 10.9 Å². The van der Waals surface area contributed by atoms with Crippen LogP contribution < -0.4 is 5.43 Å². The second kappa shape index (κ2) is 6.81. The number of carbonyl (C=O) groups excluding carboxylic acids is 1. The van der Waals surface area contributed by atoms with Crippen molar-refractivity contribution in [3.63, 3.8) is 0 Å². The monoisotopic (exact) mass is 370 g/mol. The lowest BCUT2D eigenvalue weighted by molar-refractivity contribution is -0.122. The van der Waals surface area contributed by atoms with E-state index in [1.807, 2.05) is 66.9 Å². The highest BCUT2D eigenvalue weighted by Gasteiger charge is 2.29. The zero-order valence-corrected chi connectivity index (χ0v) is 15.1. The Hall–Kier alpha value is -3.67. The number of benzene rings is 2. The third kappa shape index (κ3) is 3.20.